The van der Waals surface area contributed by atoms with E-state index in [-0.39, 0.29) is 6.04 Å². The highest BCUT2D eigenvalue weighted by atomic mass is 16.3. The Labute approximate surface area is 146 Å². The Morgan fingerprint density at radius 2 is 0.826 bits per heavy atom. The van der Waals surface area contributed by atoms with Gasteiger partial charge in [-0.05, 0) is 12.8 Å². The molecule has 0 atom stereocenters. The van der Waals surface area contributed by atoms with E-state index < -0.39 is 0 Å². The largest absolute Gasteiger partial charge is 0.151 e. The summed E-state index contributed by atoms with van der Waals surface area (Å²) >= 11 is 0. The van der Waals surface area contributed by atoms with Crippen molar-refractivity contribution in [3.05, 3.63) is 4.91 Å². The highest BCUT2D eigenvalue weighted by Gasteiger charge is 2.07. The van der Waals surface area contributed by atoms with Crippen LogP contribution < -0.4 is 0 Å². The Bertz CT molecular complexity index is 210. The van der Waals surface area contributed by atoms with Crippen molar-refractivity contribution < 1.29 is 0 Å². The molecule has 0 aliphatic heterocycles. The smallest absolute Gasteiger partial charge is 0.0919 e. The molecule has 0 saturated heterocycles. The van der Waals surface area contributed by atoms with Gasteiger partial charge < -0.3 is 0 Å². The van der Waals surface area contributed by atoms with Crippen LogP contribution in [-0.2, 0) is 0 Å². The van der Waals surface area contributed by atoms with Crippen LogP contribution in [-0.4, -0.2) is 6.04 Å². The number of nitroso groups, excluding NO2 is 1. The van der Waals surface area contributed by atoms with Crippen molar-refractivity contribution in [1.29, 1.82) is 0 Å². The first-order valence-electron chi connectivity index (χ1n) is 10.7. The molecule has 2 heteroatoms. The third-order valence-electron chi connectivity index (χ3n) is 4.93. The van der Waals surface area contributed by atoms with Gasteiger partial charge in [-0.2, -0.15) is 4.91 Å². The molecule has 0 aliphatic rings. The Morgan fingerprint density at radius 3 is 1.13 bits per heavy atom. The molecule has 0 N–H and O–H groups in total. The fourth-order valence-electron chi connectivity index (χ4n) is 3.28. The first-order valence-corrected chi connectivity index (χ1v) is 10.7. The number of unbranched alkanes of at least 4 members (excludes halogenated alkanes) is 14. The highest BCUT2D eigenvalue weighted by molar-refractivity contribution is 4.66. The van der Waals surface area contributed by atoms with E-state index in [1.807, 2.05) is 0 Å². The van der Waals surface area contributed by atoms with Crippen molar-refractivity contribution in [2.75, 3.05) is 0 Å². The average Bonchev–Trinajstić information content (AvgIpc) is 2.57. The maximum atomic E-state index is 10.9. The maximum Gasteiger partial charge on any atom is 0.0919 e. The summed E-state index contributed by atoms with van der Waals surface area (Å²) in [7, 11) is 0. The summed E-state index contributed by atoms with van der Waals surface area (Å²) < 4.78 is 0. The zero-order chi connectivity index (χ0) is 17.0. The molecule has 0 rings (SSSR count). The van der Waals surface area contributed by atoms with Gasteiger partial charge in [0, 0.05) is 0 Å². The van der Waals surface area contributed by atoms with Gasteiger partial charge in [-0.25, -0.2) is 0 Å². The standard InChI is InChI=1S/C21H43NO/c1-3-5-7-9-11-13-15-17-19-21(22-23)20-18-16-14-12-10-8-6-4-2/h21H,3-20H2,1-2H3. The van der Waals surface area contributed by atoms with Crippen molar-refractivity contribution in [1.82, 2.24) is 0 Å². The van der Waals surface area contributed by atoms with Gasteiger partial charge >= 0.3 is 0 Å². The molecule has 0 bridgehead atoms. The summed E-state index contributed by atoms with van der Waals surface area (Å²) in [4.78, 5) is 10.9. The van der Waals surface area contributed by atoms with Crippen LogP contribution >= 0.6 is 0 Å². The van der Waals surface area contributed by atoms with Crippen LogP contribution in [0.4, 0.5) is 0 Å². The van der Waals surface area contributed by atoms with Crippen LogP contribution in [0.5, 0.6) is 0 Å². The molecule has 0 amide bonds. The molecule has 0 fully saturated rings. The van der Waals surface area contributed by atoms with Crippen LogP contribution in [0.2, 0.25) is 0 Å². The topological polar surface area (TPSA) is 29.4 Å². The van der Waals surface area contributed by atoms with Gasteiger partial charge in [-0.1, -0.05) is 122 Å². The minimum absolute atomic E-state index is 0.0928. The lowest BCUT2D eigenvalue weighted by molar-refractivity contribution is 0.480. The molecule has 0 radical (unpaired) electrons. The number of rotatable bonds is 19. The highest BCUT2D eigenvalue weighted by Crippen LogP contribution is 2.17. The van der Waals surface area contributed by atoms with Crippen molar-refractivity contribution in [2.24, 2.45) is 5.18 Å². The first-order chi connectivity index (χ1) is 11.3. The lowest BCUT2D eigenvalue weighted by Gasteiger charge is -2.09. The third-order valence-corrected chi connectivity index (χ3v) is 4.93. The van der Waals surface area contributed by atoms with Gasteiger partial charge in [-0.15, -0.1) is 0 Å². The van der Waals surface area contributed by atoms with Crippen molar-refractivity contribution >= 4 is 0 Å². The number of hydrogen-bond acceptors (Lipinski definition) is 2. The molecule has 138 valence electrons. The van der Waals surface area contributed by atoms with Crippen LogP contribution in [0.3, 0.4) is 0 Å². The Morgan fingerprint density at radius 1 is 0.522 bits per heavy atom. The Kier molecular flexibility index (Phi) is 19.3. The van der Waals surface area contributed by atoms with E-state index in [2.05, 4.69) is 19.0 Å². The predicted octanol–water partition coefficient (Wildman–Crippen LogP) is 8.18. The molecule has 0 heterocycles. The van der Waals surface area contributed by atoms with Crippen LogP contribution in [0.1, 0.15) is 129 Å². The Balaban J connectivity index is 3.30. The van der Waals surface area contributed by atoms with Crippen molar-refractivity contribution in [3.8, 4) is 0 Å². The zero-order valence-electron chi connectivity index (χ0n) is 16.2. The third kappa shape index (κ3) is 17.8. The number of nitrogens with zero attached hydrogens (tertiary/aromatic N) is 1. The van der Waals surface area contributed by atoms with E-state index in [4.69, 9.17) is 0 Å². The summed E-state index contributed by atoms with van der Waals surface area (Å²) in [6.45, 7) is 4.53. The van der Waals surface area contributed by atoms with E-state index in [9.17, 15) is 4.91 Å². The SMILES string of the molecule is CCCCCCCCCCC(CCCCCCCCCC)N=O. The van der Waals surface area contributed by atoms with E-state index in [1.165, 1.54) is 103 Å². The van der Waals surface area contributed by atoms with Crippen LogP contribution in [0, 0.1) is 4.91 Å². The second-order valence-electron chi connectivity index (χ2n) is 7.29. The molecule has 0 spiro atoms. The minimum Gasteiger partial charge on any atom is -0.151 e. The van der Waals surface area contributed by atoms with Gasteiger partial charge in [0.05, 0.1) is 6.04 Å². The van der Waals surface area contributed by atoms with Gasteiger partial charge in [-0.3, -0.25) is 0 Å². The first kappa shape index (κ1) is 22.6. The second-order valence-corrected chi connectivity index (χ2v) is 7.29. The summed E-state index contributed by atoms with van der Waals surface area (Å²) in [5, 5.41) is 3.35. The summed E-state index contributed by atoms with van der Waals surface area (Å²) in [6.07, 6.45) is 23.4. The molecule has 0 aromatic heterocycles. The quantitative estimate of drug-likeness (QED) is 0.174. The molecule has 0 unspecified atom stereocenters. The molecule has 0 saturated carbocycles. The molecule has 0 aliphatic carbocycles. The lowest BCUT2D eigenvalue weighted by Crippen LogP contribution is -2.03. The van der Waals surface area contributed by atoms with Crippen LogP contribution in [0.25, 0.3) is 0 Å². The second kappa shape index (κ2) is 19.6. The monoisotopic (exact) mass is 325 g/mol. The van der Waals surface area contributed by atoms with Gasteiger partial charge in [0.25, 0.3) is 0 Å². The summed E-state index contributed by atoms with van der Waals surface area (Å²) in [5.41, 5.74) is 0. The van der Waals surface area contributed by atoms with Crippen molar-refractivity contribution in [3.63, 3.8) is 0 Å². The molecular formula is C21H43NO. The fourth-order valence-corrected chi connectivity index (χ4v) is 3.28. The maximum absolute atomic E-state index is 10.9. The molecule has 23 heavy (non-hydrogen) atoms. The minimum atomic E-state index is 0.0928. The molecule has 2 nitrogen and oxygen atoms in total. The average molecular weight is 326 g/mol. The molecule has 0 aromatic rings. The predicted molar refractivity (Wildman–Crippen MR) is 104 cm³/mol. The van der Waals surface area contributed by atoms with Gasteiger partial charge in [0.2, 0.25) is 0 Å². The molecular weight excluding hydrogens is 282 g/mol. The van der Waals surface area contributed by atoms with E-state index in [0.29, 0.717) is 0 Å². The summed E-state index contributed by atoms with van der Waals surface area (Å²) in [6, 6.07) is 0.0928. The van der Waals surface area contributed by atoms with E-state index in [1.54, 1.807) is 0 Å². The molecule has 0 aromatic carbocycles. The van der Waals surface area contributed by atoms with E-state index >= 15 is 0 Å². The number of hydrogen-bond donors (Lipinski definition) is 0. The van der Waals surface area contributed by atoms with Gasteiger partial charge in [0.1, 0.15) is 0 Å². The van der Waals surface area contributed by atoms with Crippen LogP contribution in [0.15, 0.2) is 5.18 Å². The van der Waals surface area contributed by atoms with E-state index in [0.717, 1.165) is 12.8 Å². The normalized spacial score (nSPS) is 11.3. The summed E-state index contributed by atoms with van der Waals surface area (Å²) in [5.74, 6) is 0. The van der Waals surface area contributed by atoms with Gasteiger partial charge in [0.15, 0.2) is 0 Å². The Hall–Kier alpha value is -0.400. The zero-order valence-corrected chi connectivity index (χ0v) is 16.2. The lowest BCUT2D eigenvalue weighted by atomic mass is 10.0. The van der Waals surface area contributed by atoms with Crippen molar-refractivity contribution in [2.45, 2.75) is 135 Å². The fraction of sp³-hybridized carbons (Fsp3) is 1.00.